The van der Waals surface area contributed by atoms with Gasteiger partial charge in [-0.3, -0.25) is 4.79 Å². The van der Waals surface area contributed by atoms with Gasteiger partial charge in [-0.05, 0) is 53.9 Å². The highest BCUT2D eigenvalue weighted by molar-refractivity contribution is 5.95. The lowest BCUT2D eigenvalue weighted by atomic mass is 9.91. The van der Waals surface area contributed by atoms with Gasteiger partial charge in [0.05, 0.1) is 13.2 Å². The Morgan fingerprint density at radius 2 is 1.81 bits per heavy atom. The number of fused-ring (bicyclic) bond motifs is 3. The number of hydrogen-bond acceptors (Lipinski definition) is 2. The van der Waals surface area contributed by atoms with Gasteiger partial charge in [-0.25, -0.2) is 8.78 Å². The van der Waals surface area contributed by atoms with Crippen LogP contribution in [0.25, 0.3) is 10.9 Å². The van der Waals surface area contributed by atoms with E-state index in [4.69, 9.17) is 4.74 Å². The van der Waals surface area contributed by atoms with E-state index in [9.17, 15) is 13.6 Å². The number of nitrogens with zero attached hydrogens (tertiary/aromatic N) is 1. The number of nitrogens with one attached hydrogen (secondary N) is 1. The molecule has 0 saturated heterocycles. The van der Waals surface area contributed by atoms with E-state index in [1.165, 1.54) is 11.6 Å². The maximum Gasteiger partial charge on any atom is 0.254 e. The Balaban J connectivity index is 1.64. The van der Waals surface area contributed by atoms with Gasteiger partial charge < -0.3 is 14.6 Å². The van der Waals surface area contributed by atoms with Gasteiger partial charge in [0.15, 0.2) is 11.6 Å². The highest BCUT2D eigenvalue weighted by Crippen LogP contribution is 2.39. The summed E-state index contributed by atoms with van der Waals surface area (Å²) in [6.45, 7) is 0.462. The first-order valence-electron chi connectivity index (χ1n) is 10.1. The summed E-state index contributed by atoms with van der Waals surface area (Å²) < 4.78 is 32.5. The van der Waals surface area contributed by atoms with E-state index in [0.717, 1.165) is 40.0 Å². The minimum absolute atomic E-state index is 0.122. The van der Waals surface area contributed by atoms with Gasteiger partial charge in [-0.2, -0.15) is 0 Å². The maximum atomic E-state index is 13.8. The standard InChI is InChI=1S/C25H20F2N2O2/c1-31-17-9-6-15(7-10-17)24-23-19(18-4-2-3-5-22(18)28-23)12-13-29(24)25(30)16-8-11-20(26)21(27)14-16/h2-11,14,24,28H,12-13H2,1H3. The Hall–Kier alpha value is -3.67. The SMILES string of the molecule is COc1ccc(C2c3[nH]c4ccccc4c3CCN2C(=O)c2ccc(F)c(F)c2)cc1. The number of amides is 1. The summed E-state index contributed by atoms with van der Waals surface area (Å²) in [6, 6.07) is 18.5. The molecule has 0 fully saturated rings. The normalized spacial score (nSPS) is 15.7. The van der Waals surface area contributed by atoms with Crippen molar-refractivity contribution in [3.63, 3.8) is 0 Å². The molecule has 2 heterocycles. The molecule has 0 saturated carbocycles. The Kier molecular flexibility index (Phi) is 4.70. The number of aromatic nitrogens is 1. The molecule has 31 heavy (non-hydrogen) atoms. The summed E-state index contributed by atoms with van der Waals surface area (Å²) in [6.07, 6.45) is 0.668. The molecule has 6 heteroatoms. The molecule has 1 aromatic heterocycles. The number of benzene rings is 3. The molecular formula is C25H20F2N2O2. The zero-order valence-corrected chi connectivity index (χ0v) is 16.9. The van der Waals surface area contributed by atoms with Crippen LogP contribution in [0.15, 0.2) is 66.7 Å². The lowest BCUT2D eigenvalue weighted by Gasteiger charge is -2.36. The van der Waals surface area contributed by atoms with Gasteiger partial charge in [-0.15, -0.1) is 0 Å². The molecular weight excluding hydrogens is 398 g/mol. The third-order valence-electron chi connectivity index (χ3n) is 5.89. The number of ether oxygens (including phenoxy) is 1. The Labute approximate surface area is 178 Å². The van der Waals surface area contributed by atoms with Crippen LogP contribution in [-0.4, -0.2) is 29.4 Å². The van der Waals surface area contributed by atoms with Crippen LogP contribution in [0.1, 0.15) is 33.2 Å². The van der Waals surface area contributed by atoms with Crippen molar-refractivity contribution in [1.29, 1.82) is 0 Å². The third-order valence-corrected chi connectivity index (χ3v) is 5.89. The van der Waals surface area contributed by atoms with Crippen LogP contribution in [-0.2, 0) is 6.42 Å². The minimum atomic E-state index is -1.03. The van der Waals surface area contributed by atoms with Crippen molar-refractivity contribution in [2.24, 2.45) is 0 Å². The summed E-state index contributed by atoms with van der Waals surface area (Å²) in [5.41, 5.74) is 4.15. The van der Waals surface area contributed by atoms with Gasteiger partial charge in [0.25, 0.3) is 5.91 Å². The second-order valence-corrected chi connectivity index (χ2v) is 7.62. The van der Waals surface area contributed by atoms with E-state index in [1.54, 1.807) is 12.0 Å². The number of methoxy groups -OCH3 is 1. The van der Waals surface area contributed by atoms with E-state index in [-0.39, 0.29) is 17.5 Å². The molecule has 1 unspecified atom stereocenters. The molecule has 3 aromatic carbocycles. The molecule has 0 bridgehead atoms. The number of rotatable bonds is 3. The van der Waals surface area contributed by atoms with Crippen LogP contribution in [0.2, 0.25) is 0 Å². The first kappa shape index (κ1) is 19.3. The Morgan fingerprint density at radius 1 is 1.03 bits per heavy atom. The predicted molar refractivity (Wildman–Crippen MR) is 114 cm³/mol. The summed E-state index contributed by atoms with van der Waals surface area (Å²) in [7, 11) is 1.60. The van der Waals surface area contributed by atoms with E-state index >= 15 is 0 Å². The fourth-order valence-electron chi connectivity index (χ4n) is 4.39. The maximum absolute atomic E-state index is 13.8. The second-order valence-electron chi connectivity index (χ2n) is 7.62. The molecule has 5 rings (SSSR count). The molecule has 1 N–H and O–H groups in total. The molecule has 0 radical (unpaired) electrons. The topological polar surface area (TPSA) is 45.3 Å². The van der Waals surface area contributed by atoms with E-state index in [1.807, 2.05) is 42.5 Å². The first-order valence-corrected chi connectivity index (χ1v) is 10.1. The molecule has 1 atom stereocenters. The molecule has 1 aliphatic rings. The van der Waals surface area contributed by atoms with Crippen molar-refractivity contribution >= 4 is 16.8 Å². The number of para-hydroxylation sites is 1. The van der Waals surface area contributed by atoms with Crippen LogP contribution in [0.4, 0.5) is 8.78 Å². The van der Waals surface area contributed by atoms with Gasteiger partial charge in [-0.1, -0.05) is 30.3 Å². The average Bonchev–Trinajstić information content (AvgIpc) is 3.18. The fraction of sp³-hybridized carbons (Fsp3) is 0.160. The second kappa shape index (κ2) is 7.54. The number of H-pyrrole nitrogens is 1. The Morgan fingerprint density at radius 3 is 2.55 bits per heavy atom. The zero-order chi connectivity index (χ0) is 21.5. The van der Waals surface area contributed by atoms with E-state index in [2.05, 4.69) is 11.1 Å². The van der Waals surface area contributed by atoms with Gasteiger partial charge in [0, 0.05) is 28.7 Å². The van der Waals surface area contributed by atoms with Crippen molar-refractivity contribution < 1.29 is 18.3 Å². The predicted octanol–water partition coefficient (Wildman–Crippen LogP) is 5.24. The van der Waals surface area contributed by atoms with Crippen LogP contribution < -0.4 is 4.74 Å². The summed E-state index contributed by atoms with van der Waals surface area (Å²) in [5, 5.41) is 1.14. The first-order chi connectivity index (χ1) is 15.1. The van der Waals surface area contributed by atoms with Gasteiger partial charge in [0.2, 0.25) is 0 Å². The lowest BCUT2D eigenvalue weighted by Crippen LogP contribution is -2.40. The average molecular weight is 418 g/mol. The highest BCUT2D eigenvalue weighted by atomic mass is 19.2. The van der Waals surface area contributed by atoms with Gasteiger partial charge >= 0.3 is 0 Å². The Bertz CT molecular complexity index is 1280. The van der Waals surface area contributed by atoms with Crippen molar-refractivity contribution in [3.8, 4) is 5.75 Å². The minimum Gasteiger partial charge on any atom is -0.497 e. The molecule has 156 valence electrons. The van der Waals surface area contributed by atoms with Crippen LogP contribution >= 0.6 is 0 Å². The molecule has 1 aliphatic heterocycles. The van der Waals surface area contributed by atoms with Crippen LogP contribution in [0, 0.1) is 11.6 Å². The quantitative estimate of drug-likeness (QED) is 0.494. The third kappa shape index (κ3) is 3.24. The molecule has 4 aromatic rings. The number of carbonyl (C=O) groups excluding carboxylic acids is 1. The number of hydrogen-bond donors (Lipinski definition) is 1. The largest absolute Gasteiger partial charge is 0.497 e. The van der Waals surface area contributed by atoms with Crippen LogP contribution in [0.3, 0.4) is 0 Å². The van der Waals surface area contributed by atoms with Crippen molar-refractivity contribution in [1.82, 2.24) is 9.88 Å². The summed E-state index contributed by atoms with van der Waals surface area (Å²) >= 11 is 0. The van der Waals surface area contributed by atoms with E-state index in [0.29, 0.717) is 13.0 Å². The smallest absolute Gasteiger partial charge is 0.254 e. The number of halogens is 2. The highest BCUT2D eigenvalue weighted by Gasteiger charge is 2.35. The zero-order valence-electron chi connectivity index (χ0n) is 16.9. The summed E-state index contributed by atoms with van der Waals surface area (Å²) in [5.74, 6) is -1.63. The number of carbonyl (C=O) groups is 1. The van der Waals surface area contributed by atoms with Gasteiger partial charge in [0.1, 0.15) is 5.75 Å². The molecule has 0 aliphatic carbocycles. The fourth-order valence-corrected chi connectivity index (χ4v) is 4.39. The van der Waals surface area contributed by atoms with Crippen molar-refractivity contribution in [3.05, 3.63) is 101 Å². The monoisotopic (exact) mass is 418 g/mol. The molecule has 0 spiro atoms. The molecule has 1 amide bonds. The van der Waals surface area contributed by atoms with E-state index < -0.39 is 11.6 Å². The van der Waals surface area contributed by atoms with Crippen molar-refractivity contribution in [2.75, 3.05) is 13.7 Å². The summed E-state index contributed by atoms with van der Waals surface area (Å²) in [4.78, 5) is 18.6. The molecule has 4 nitrogen and oxygen atoms in total. The number of aromatic amines is 1. The van der Waals surface area contributed by atoms with Crippen molar-refractivity contribution in [2.45, 2.75) is 12.5 Å². The lowest BCUT2D eigenvalue weighted by molar-refractivity contribution is 0.0691. The van der Waals surface area contributed by atoms with Crippen LogP contribution in [0.5, 0.6) is 5.75 Å².